The minimum atomic E-state index is -4.51. The van der Waals surface area contributed by atoms with Crippen LogP contribution in [-0.2, 0) is 27.5 Å². The predicted molar refractivity (Wildman–Crippen MR) is 96.9 cm³/mol. The molecule has 2 aromatic rings. The summed E-state index contributed by atoms with van der Waals surface area (Å²) in [5.74, 6) is -0.805. The number of alkyl halides is 3. The second kappa shape index (κ2) is 8.03. The van der Waals surface area contributed by atoms with E-state index in [0.29, 0.717) is 0 Å². The summed E-state index contributed by atoms with van der Waals surface area (Å²) in [4.78, 5) is 12.1. The van der Waals surface area contributed by atoms with E-state index in [1.807, 2.05) is 0 Å². The third kappa shape index (κ3) is 5.27. The molecule has 0 radical (unpaired) electrons. The van der Waals surface area contributed by atoms with E-state index in [1.54, 1.807) is 0 Å². The topological polar surface area (TPSA) is 81.7 Å². The number of benzene rings is 2. The molecule has 10 heteroatoms. The first kappa shape index (κ1) is 21.1. The Hall–Kier alpha value is -2.59. The van der Waals surface area contributed by atoms with Gasteiger partial charge in [0.15, 0.2) is 0 Å². The average Bonchev–Trinajstić information content (AvgIpc) is 3.48. The van der Waals surface area contributed by atoms with Crippen molar-refractivity contribution in [3.05, 3.63) is 59.2 Å². The van der Waals surface area contributed by atoms with E-state index in [-0.39, 0.29) is 27.8 Å². The lowest BCUT2D eigenvalue weighted by atomic mass is 10.1. The summed E-state index contributed by atoms with van der Waals surface area (Å²) in [5.41, 5.74) is -0.756. The number of carbonyl (C=O) groups excluding carboxylic acids is 1. The van der Waals surface area contributed by atoms with Gasteiger partial charge in [0.25, 0.3) is 0 Å². The van der Waals surface area contributed by atoms with Gasteiger partial charge in [-0.3, -0.25) is 0 Å². The van der Waals surface area contributed by atoms with Crippen LogP contribution < -0.4 is 9.46 Å². The maximum absolute atomic E-state index is 12.8. The summed E-state index contributed by atoms with van der Waals surface area (Å²) in [6, 6.07) is 8.04. The molecule has 0 aromatic heterocycles. The lowest BCUT2D eigenvalue weighted by molar-refractivity contribution is -0.137. The van der Waals surface area contributed by atoms with E-state index in [2.05, 4.69) is 4.72 Å². The second-order valence-electron chi connectivity index (χ2n) is 6.54. The molecular weight excluding hydrogens is 411 g/mol. The number of esters is 1. The Morgan fingerprint density at radius 1 is 1.17 bits per heavy atom. The molecule has 0 amide bonds. The maximum atomic E-state index is 12.8. The molecule has 1 saturated carbocycles. The third-order valence-electron chi connectivity index (χ3n) is 4.21. The van der Waals surface area contributed by atoms with E-state index >= 15 is 0 Å². The molecule has 1 aliphatic rings. The Morgan fingerprint density at radius 3 is 2.52 bits per heavy atom. The Labute approximate surface area is 165 Å². The summed E-state index contributed by atoms with van der Waals surface area (Å²) >= 11 is 0. The fourth-order valence-corrected chi connectivity index (χ4v) is 4.07. The third-order valence-corrected chi connectivity index (χ3v) is 5.75. The standard InChI is InChI=1S/C19H18F3NO5S/c1-27-16-8-5-13(10-17(16)29(25,26)23-15-6-7-15)18(24)28-11-12-3-2-4-14(9-12)19(20,21)22/h2-5,8-10,15,23H,6-7,11H2,1H3. The van der Waals surface area contributed by atoms with Crippen molar-refractivity contribution in [2.75, 3.05) is 7.11 Å². The molecule has 3 rings (SSSR count). The number of sulfonamides is 1. The smallest absolute Gasteiger partial charge is 0.416 e. The molecule has 2 aromatic carbocycles. The maximum Gasteiger partial charge on any atom is 0.416 e. The normalized spacial score (nSPS) is 14.5. The quantitative estimate of drug-likeness (QED) is 0.682. The van der Waals surface area contributed by atoms with Gasteiger partial charge in [0.1, 0.15) is 17.3 Å². The molecule has 0 unspecified atom stereocenters. The van der Waals surface area contributed by atoms with E-state index in [9.17, 15) is 26.4 Å². The van der Waals surface area contributed by atoms with Crippen LogP contribution in [-0.4, -0.2) is 27.5 Å². The van der Waals surface area contributed by atoms with Crippen LogP contribution in [0.1, 0.15) is 34.3 Å². The van der Waals surface area contributed by atoms with Crippen molar-refractivity contribution in [2.24, 2.45) is 0 Å². The molecule has 29 heavy (non-hydrogen) atoms. The van der Waals surface area contributed by atoms with Crippen molar-refractivity contribution < 1.29 is 35.9 Å². The highest BCUT2D eigenvalue weighted by Crippen LogP contribution is 2.30. The number of methoxy groups -OCH3 is 1. The van der Waals surface area contributed by atoms with Gasteiger partial charge in [-0.25, -0.2) is 17.9 Å². The lowest BCUT2D eigenvalue weighted by Gasteiger charge is -2.12. The number of hydrogen-bond acceptors (Lipinski definition) is 5. The van der Waals surface area contributed by atoms with E-state index in [1.165, 1.54) is 31.4 Å². The molecule has 1 fully saturated rings. The predicted octanol–water partition coefficient (Wildman–Crippen LogP) is 3.51. The van der Waals surface area contributed by atoms with Crippen LogP contribution in [0.2, 0.25) is 0 Å². The molecule has 156 valence electrons. The molecule has 0 spiro atoms. The number of rotatable bonds is 7. The molecule has 0 aliphatic heterocycles. The molecule has 0 saturated heterocycles. The molecule has 1 N–H and O–H groups in total. The molecule has 0 heterocycles. The SMILES string of the molecule is COc1ccc(C(=O)OCc2cccc(C(F)(F)F)c2)cc1S(=O)(=O)NC1CC1. The van der Waals surface area contributed by atoms with Gasteiger partial charge in [-0.2, -0.15) is 13.2 Å². The Balaban J connectivity index is 1.77. The van der Waals surface area contributed by atoms with Gasteiger partial charge in [0.2, 0.25) is 10.0 Å². The van der Waals surface area contributed by atoms with Gasteiger partial charge in [-0.15, -0.1) is 0 Å². The van der Waals surface area contributed by atoms with Crippen LogP contribution in [0.25, 0.3) is 0 Å². The van der Waals surface area contributed by atoms with Crippen molar-refractivity contribution in [3.8, 4) is 5.75 Å². The van der Waals surface area contributed by atoms with Crippen molar-refractivity contribution in [2.45, 2.75) is 36.6 Å². The van der Waals surface area contributed by atoms with Crippen molar-refractivity contribution in [1.29, 1.82) is 0 Å². The largest absolute Gasteiger partial charge is 0.495 e. The molecular formula is C19H18F3NO5S. The van der Waals surface area contributed by atoms with E-state index in [0.717, 1.165) is 31.0 Å². The number of hydrogen-bond donors (Lipinski definition) is 1. The van der Waals surface area contributed by atoms with Gasteiger partial charge in [0, 0.05) is 6.04 Å². The minimum absolute atomic E-state index is 0.0612. The van der Waals surface area contributed by atoms with Crippen molar-refractivity contribution in [1.82, 2.24) is 4.72 Å². The van der Waals surface area contributed by atoms with Crippen molar-refractivity contribution >= 4 is 16.0 Å². The molecule has 1 aliphatic carbocycles. The lowest BCUT2D eigenvalue weighted by Crippen LogP contribution is -2.26. The van der Waals surface area contributed by atoms with Gasteiger partial charge >= 0.3 is 12.1 Å². The first-order valence-corrected chi connectivity index (χ1v) is 10.1. The summed E-state index contributed by atoms with van der Waals surface area (Å²) in [6.45, 7) is -0.392. The summed E-state index contributed by atoms with van der Waals surface area (Å²) in [6.07, 6.45) is -3.03. The highest BCUT2D eigenvalue weighted by molar-refractivity contribution is 7.89. The number of halogens is 3. The Morgan fingerprint density at radius 2 is 1.90 bits per heavy atom. The Bertz CT molecular complexity index is 1020. The minimum Gasteiger partial charge on any atom is -0.495 e. The Kier molecular flexibility index (Phi) is 5.85. The average molecular weight is 429 g/mol. The highest BCUT2D eigenvalue weighted by Gasteiger charge is 2.31. The van der Waals surface area contributed by atoms with Crippen LogP contribution in [0.4, 0.5) is 13.2 Å². The molecule has 0 bridgehead atoms. The summed E-state index contributed by atoms with van der Waals surface area (Å²) in [7, 11) is -2.59. The van der Waals surface area contributed by atoms with Crippen LogP contribution in [0.3, 0.4) is 0 Å². The number of ether oxygens (including phenoxy) is 2. The molecule has 6 nitrogen and oxygen atoms in total. The van der Waals surface area contributed by atoms with E-state index in [4.69, 9.17) is 9.47 Å². The summed E-state index contributed by atoms with van der Waals surface area (Å²) < 4.78 is 75.9. The van der Waals surface area contributed by atoms with Gasteiger partial charge in [-0.1, -0.05) is 12.1 Å². The zero-order valence-corrected chi connectivity index (χ0v) is 16.1. The monoisotopic (exact) mass is 429 g/mol. The fourth-order valence-electron chi connectivity index (χ4n) is 2.57. The number of carbonyl (C=O) groups is 1. The van der Waals surface area contributed by atoms with Gasteiger partial charge in [-0.05, 0) is 48.7 Å². The van der Waals surface area contributed by atoms with Crippen molar-refractivity contribution in [3.63, 3.8) is 0 Å². The highest BCUT2D eigenvalue weighted by atomic mass is 32.2. The van der Waals surface area contributed by atoms with E-state index < -0.39 is 34.3 Å². The second-order valence-corrected chi connectivity index (χ2v) is 8.22. The van der Waals surface area contributed by atoms with Gasteiger partial charge < -0.3 is 9.47 Å². The fraction of sp³-hybridized carbons (Fsp3) is 0.316. The first-order chi connectivity index (χ1) is 13.6. The van der Waals surface area contributed by atoms with Crippen LogP contribution in [0.5, 0.6) is 5.75 Å². The van der Waals surface area contributed by atoms with Crippen LogP contribution in [0.15, 0.2) is 47.4 Å². The zero-order chi connectivity index (χ0) is 21.2. The zero-order valence-electron chi connectivity index (χ0n) is 15.3. The molecule has 0 atom stereocenters. The van der Waals surface area contributed by atoms with Gasteiger partial charge in [0.05, 0.1) is 18.2 Å². The van der Waals surface area contributed by atoms with Crippen LogP contribution in [0, 0.1) is 0 Å². The first-order valence-electron chi connectivity index (χ1n) is 8.64. The van der Waals surface area contributed by atoms with Crippen LogP contribution >= 0.6 is 0 Å². The summed E-state index contributed by atoms with van der Waals surface area (Å²) in [5, 5.41) is 0. The number of nitrogens with one attached hydrogen (secondary N) is 1.